The second kappa shape index (κ2) is 8.78. The first kappa shape index (κ1) is 20.4. The van der Waals surface area contributed by atoms with E-state index in [2.05, 4.69) is 44.2 Å². The SMILES string of the molecule is COc1ccc(C=NCC[C@@]2(c3ccccc3)CCOC(C)(C)C2)cc1OC. The molecular weight excluding hydrogens is 350 g/mol. The van der Waals surface area contributed by atoms with E-state index in [0.717, 1.165) is 49.5 Å². The fourth-order valence-electron chi connectivity index (χ4n) is 4.25. The lowest BCUT2D eigenvalue weighted by Gasteiger charge is -2.45. The summed E-state index contributed by atoms with van der Waals surface area (Å²) in [5.74, 6) is 1.45. The van der Waals surface area contributed by atoms with Crippen LogP contribution in [0, 0.1) is 0 Å². The zero-order chi connectivity index (χ0) is 20.0. The van der Waals surface area contributed by atoms with E-state index < -0.39 is 0 Å². The molecule has 0 bridgehead atoms. The lowest BCUT2D eigenvalue weighted by molar-refractivity contribution is -0.0836. The van der Waals surface area contributed by atoms with Crippen molar-refractivity contribution >= 4 is 6.21 Å². The first-order chi connectivity index (χ1) is 13.5. The molecule has 4 nitrogen and oxygen atoms in total. The zero-order valence-electron chi connectivity index (χ0n) is 17.4. The van der Waals surface area contributed by atoms with Crippen LogP contribution in [0.25, 0.3) is 0 Å². The lowest BCUT2D eigenvalue weighted by atomic mass is 9.67. The summed E-state index contributed by atoms with van der Waals surface area (Å²) in [6.45, 7) is 5.95. The summed E-state index contributed by atoms with van der Waals surface area (Å²) in [5, 5.41) is 0. The molecule has 1 aliphatic rings. The standard InChI is InChI=1S/C24H31NO3/c1-23(2)18-24(13-15-28-23,20-8-6-5-7-9-20)12-14-25-17-19-10-11-21(26-3)22(16-19)27-4/h5-11,16-17H,12-15,18H2,1-4H3/t24-/m1/s1. The van der Waals surface area contributed by atoms with E-state index in [-0.39, 0.29) is 11.0 Å². The van der Waals surface area contributed by atoms with Crippen LogP contribution in [0.15, 0.2) is 53.5 Å². The fourth-order valence-corrected chi connectivity index (χ4v) is 4.25. The summed E-state index contributed by atoms with van der Waals surface area (Å²) in [5.41, 5.74) is 2.41. The molecule has 0 N–H and O–H groups in total. The van der Waals surface area contributed by atoms with Gasteiger partial charge in [-0.15, -0.1) is 0 Å². The maximum atomic E-state index is 6.00. The van der Waals surface area contributed by atoms with Crippen molar-refractivity contribution in [3.8, 4) is 11.5 Å². The van der Waals surface area contributed by atoms with Crippen molar-refractivity contribution < 1.29 is 14.2 Å². The Kier molecular flexibility index (Phi) is 6.40. The first-order valence-electron chi connectivity index (χ1n) is 9.89. The Balaban J connectivity index is 1.73. The first-order valence-corrected chi connectivity index (χ1v) is 9.89. The third-order valence-electron chi connectivity index (χ3n) is 5.59. The van der Waals surface area contributed by atoms with Gasteiger partial charge in [0.15, 0.2) is 11.5 Å². The quantitative estimate of drug-likeness (QED) is 0.631. The number of hydrogen-bond donors (Lipinski definition) is 0. The van der Waals surface area contributed by atoms with Crippen molar-refractivity contribution in [2.24, 2.45) is 4.99 Å². The molecule has 0 aromatic heterocycles. The molecular formula is C24H31NO3. The van der Waals surface area contributed by atoms with Gasteiger partial charge in [-0.3, -0.25) is 4.99 Å². The number of hydrogen-bond acceptors (Lipinski definition) is 4. The van der Waals surface area contributed by atoms with Gasteiger partial charge in [-0.2, -0.15) is 0 Å². The Labute approximate surface area is 168 Å². The highest BCUT2D eigenvalue weighted by Gasteiger charge is 2.41. The van der Waals surface area contributed by atoms with Gasteiger partial charge in [0.25, 0.3) is 0 Å². The number of methoxy groups -OCH3 is 2. The molecule has 0 saturated carbocycles. The van der Waals surface area contributed by atoms with Crippen LogP contribution in [0.2, 0.25) is 0 Å². The van der Waals surface area contributed by atoms with Crippen LogP contribution in [0.4, 0.5) is 0 Å². The van der Waals surface area contributed by atoms with Crippen LogP contribution < -0.4 is 9.47 Å². The van der Waals surface area contributed by atoms with Gasteiger partial charge >= 0.3 is 0 Å². The van der Waals surface area contributed by atoms with Crippen LogP contribution in [0.1, 0.15) is 44.2 Å². The van der Waals surface area contributed by atoms with E-state index >= 15 is 0 Å². The molecule has 0 amide bonds. The molecule has 0 unspecified atom stereocenters. The topological polar surface area (TPSA) is 40.0 Å². The smallest absolute Gasteiger partial charge is 0.161 e. The van der Waals surface area contributed by atoms with Crippen LogP contribution >= 0.6 is 0 Å². The minimum absolute atomic E-state index is 0.109. The van der Waals surface area contributed by atoms with Crippen LogP contribution in [-0.4, -0.2) is 39.2 Å². The Hall–Kier alpha value is -2.33. The van der Waals surface area contributed by atoms with Gasteiger partial charge in [0.1, 0.15) is 0 Å². The van der Waals surface area contributed by atoms with Crippen LogP contribution in [-0.2, 0) is 10.2 Å². The van der Waals surface area contributed by atoms with E-state index in [9.17, 15) is 0 Å². The number of aliphatic imine (C=N–C) groups is 1. The molecule has 1 heterocycles. The molecule has 2 aromatic rings. The average Bonchev–Trinajstić information content (AvgIpc) is 2.71. The van der Waals surface area contributed by atoms with Gasteiger partial charge in [-0.1, -0.05) is 30.3 Å². The van der Waals surface area contributed by atoms with Crippen LogP contribution in [0.3, 0.4) is 0 Å². The molecule has 3 rings (SSSR count). The highest BCUT2D eigenvalue weighted by Crippen LogP contribution is 2.44. The maximum Gasteiger partial charge on any atom is 0.161 e. The molecule has 150 valence electrons. The second-order valence-corrected chi connectivity index (χ2v) is 8.08. The fraction of sp³-hybridized carbons (Fsp3) is 0.458. The minimum atomic E-state index is -0.110. The van der Waals surface area contributed by atoms with Gasteiger partial charge in [0, 0.05) is 24.8 Å². The van der Waals surface area contributed by atoms with Gasteiger partial charge < -0.3 is 14.2 Å². The predicted octanol–water partition coefficient (Wildman–Crippen LogP) is 5.04. The summed E-state index contributed by atoms with van der Waals surface area (Å²) in [6.07, 6.45) is 4.97. The van der Waals surface area contributed by atoms with Crippen LogP contribution in [0.5, 0.6) is 11.5 Å². The molecule has 28 heavy (non-hydrogen) atoms. The number of nitrogens with zero attached hydrogens (tertiary/aromatic N) is 1. The summed E-state index contributed by atoms with van der Waals surface area (Å²) in [4.78, 5) is 4.72. The molecule has 0 aliphatic carbocycles. The van der Waals surface area contributed by atoms with E-state index in [1.807, 2.05) is 24.4 Å². The summed E-state index contributed by atoms with van der Waals surface area (Å²) in [7, 11) is 3.29. The van der Waals surface area contributed by atoms with Crippen molar-refractivity contribution in [2.75, 3.05) is 27.4 Å². The summed E-state index contributed by atoms with van der Waals surface area (Å²) < 4.78 is 16.7. The highest BCUT2D eigenvalue weighted by molar-refractivity contribution is 5.80. The van der Waals surface area contributed by atoms with Crippen molar-refractivity contribution in [2.45, 2.75) is 44.1 Å². The van der Waals surface area contributed by atoms with E-state index in [0.29, 0.717) is 0 Å². The Morgan fingerprint density at radius 2 is 1.79 bits per heavy atom. The Morgan fingerprint density at radius 3 is 2.46 bits per heavy atom. The predicted molar refractivity (Wildman–Crippen MR) is 114 cm³/mol. The van der Waals surface area contributed by atoms with Crippen molar-refractivity contribution in [1.82, 2.24) is 0 Å². The molecule has 1 atom stereocenters. The highest BCUT2D eigenvalue weighted by atomic mass is 16.5. The number of rotatable bonds is 7. The van der Waals surface area contributed by atoms with Crippen molar-refractivity contribution in [3.63, 3.8) is 0 Å². The Bertz CT molecular complexity index is 801. The largest absolute Gasteiger partial charge is 0.493 e. The molecule has 1 aliphatic heterocycles. The number of benzene rings is 2. The van der Waals surface area contributed by atoms with Gasteiger partial charge in [0.05, 0.1) is 19.8 Å². The summed E-state index contributed by atoms with van der Waals surface area (Å²) >= 11 is 0. The molecule has 4 heteroatoms. The molecule has 1 fully saturated rings. The minimum Gasteiger partial charge on any atom is -0.493 e. The average molecular weight is 382 g/mol. The maximum absolute atomic E-state index is 6.00. The van der Waals surface area contributed by atoms with Gasteiger partial charge in [-0.05, 0) is 62.4 Å². The van der Waals surface area contributed by atoms with Gasteiger partial charge in [0.2, 0.25) is 0 Å². The van der Waals surface area contributed by atoms with Crippen molar-refractivity contribution in [1.29, 1.82) is 0 Å². The van der Waals surface area contributed by atoms with E-state index in [1.54, 1.807) is 14.2 Å². The molecule has 1 saturated heterocycles. The zero-order valence-corrected chi connectivity index (χ0v) is 17.4. The second-order valence-electron chi connectivity index (χ2n) is 8.08. The lowest BCUT2D eigenvalue weighted by Crippen LogP contribution is -2.44. The normalized spacial score (nSPS) is 21.6. The van der Waals surface area contributed by atoms with Gasteiger partial charge in [-0.25, -0.2) is 0 Å². The summed E-state index contributed by atoms with van der Waals surface area (Å²) in [6, 6.07) is 16.7. The molecule has 0 spiro atoms. The Morgan fingerprint density at radius 1 is 1.04 bits per heavy atom. The number of ether oxygens (including phenoxy) is 3. The monoisotopic (exact) mass is 381 g/mol. The van der Waals surface area contributed by atoms with E-state index in [4.69, 9.17) is 19.2 Å². The molecule has 0 radical (unpaired) electrons. The molecule has 2 aromatic carbocycles. The van der Waals surface area contributed by atoms with E-state index in [1.165, 1.54) is 5.56 Å². The van der Waals surface area contributed by atoms with Crippen molar-refractivity contribution in [3.05, 3.63) is 59.7 Å². The third kappa shape index (κ3) is 4.74. The third-order valence-corrected chi connectivity index (χ3v) is 5.59.